The number of alkyl halides is 1. The fraction of sp³-hybridized carbons (Fsp3) is 0.333. The van der Waals surface area contributed by atoms with Gasteiger partial charge in [-0.1, -0.05) is 30.1 Å². The van der Waals surface area contributed by atoms with Gasteiger partial charge < -0.3 is 18.8 Å². The maximum atomic E-state index is 13.2. The van der Waals surface area contributed by atoms with Gasteiger partial charge in [0.15, 0.2) is 5.75 Å². The van der Waals surface area contributed by atoms with Crippen molar-refractivity contribution in [3.8, 4) is 11.5 Å². The Kier molecular flexibility index (Phi) is 9.90. The molecule has 0 saturated carbocycles. The van der Waals surface area contributed by atoms with Gasteiger partial charge in [0.1, 0.15) is 18.5 Å². The topological polar surface area (TPSA) is 96.7 Å². The molecule has 0 aliphatic heterocycles. The monoisotopic (exact) mass is 574 g/mol. The van der Waals surface area contributed by atoms with Crippen LogP contribution in [0.5, 0.6) is 11.5 Å². The van der Waals surface area contributed by atoms with Crippen molar-refractivity contribution in [1.29, 1.82) is 0 Å². The first-order chi connectivity index (χ1) is 17.1. The van der Waals surface area contributed by atoms with Crippen molar-refractivity contribution in [3.63, 3.8) is 0 Å². The molecule has 0 fully saturated rings. The predicted octanol–water partition coefficient (Wildman–Crippen LogP) is 5.29. The summed E-state index contributed by atoms with van der Waals surface area (Å²) in [5.74, 6) is 0.329. The highest BCUT2D eigenvalue weighted by Crippen LogP contribution is 2.37. The summed E-state index contributed by atoms with van der Waals surface area (Å²) >= 11 is 18.3. The number of benzene rings is 2. The lowest BCUT2D eigenvalue weighted by atomic mass is 10.2. The summed E-state index contributed by atoms with van der Waals surface area (Å²) in [4.78, 5) is 15.1. The lowest BCUT2D eigenvalue weighted by molar-refractivity contribution is -0.146. The van der Waals surface area contributed by atoms with E-state index in [2.05, 4.69) is 4.98 Å². The third-order valence-electron chi connectivity index (χ3n) is 4.95. The molecule has 0 radical (unpaired) electrons. The molecule has 3 rings (SSSR count). The van der Waals surface area contributed by atoms with Crippen LogP contribution in [0.15, 0.2) is 64.9 Å². The van der Waals surface area contributed by atoms with Crippen molar-refractivity contribution in [2.45, 2.75) is 36.3 Å². The fourth-order valence-corrected chi connectivity index (χ4v) is 5.44. The molecule has 0 amide bonds. The summed E-state index contributed by atoms with van der Waals surface area (Å²) in [5, 5.41) is -0.0203. The van der Waals surface area contributed by atoms with Crippen LogP contribution < -0.4 is 9.47 Å². The normalized spacial score (nSPS) is 13.1. The minimum absolute atomic E-state index is 0.00448. The van der Waals surface area contributed by atoms with Crippen molar-refractivity contribution in [1.82, 2.24) is 9.55 Å². The third kappa shape index (κ3) is 7.52. The van der Waals surface area contributed by atoms with E-state index >= 15 is 0 Å². The van der Waals surface area contributed by atoms with Crippen LogP contribution >= 0.6 is 34.8 Å². The summed E-state index contributed by atoms with van der Waals surface area (Å²) < 4.78 is 44.6. The van der Waals surface area contributed by atoms with Crippen molar-refractivity contribution < 1.29 is 27.4 Å². The summed E-state index contributed by atoms with van der Waals surface area (Å²) in [6.45, 7) is 4.41. The predicted molar refractivity (Wildman–Crippen MR) is 137 cm³/mol. The molecule has 8 nitrogen and oxygen atoms in total. The molecule has 0 aliphatic rings. The number of carbonyl (C=O) groups excluding carboxylic acids is 1. The standard InChI is InChI=1S/C24H25Cl3N2O6S/c1-16(12-29-8-7-28-15-29)13-33-18-3-5-20(6-4-18)36(31,32)21-9-22(26)24(23(27)10-21)34-14-19(11-25)35-17(2)30/h3-10,15-16,19H,11-14H2,1-2H3/t16-,19-/m0/s1. The summed E-state index contributed by atoms with van der Waals surface area (Å²) in [7, 11) is -3.92. The van der Waals surface area contributed by atoms with Crippen molar-refractivity contribution in [2.24, 2.45) is 5.92 Å². The molecule has 0 spiro atoms. The number of hydrogen-bond acceptors (Lipinski definition) is 7. The van der Waals surface area contributed by atoms with Gasteiger partial charge >= 0.3 is 5.97 Å². The number of ether oxygens (including phenoxy) is 3. The molecule has 36 heavy (non-hydrogen) atoms. The van der Waals surface area contributed by atoms with Crippen molar-refractivity contribution in [3.05, 3.63) is 65.2 Å². The Bertz CT molecular complexity index is 1240. The van der Waals surface area contributed by atoms with Crippen LogP contribution in [0.25, 0.3) is 0 Å². The molecule has 0 unspecified atom stereocenters. The van der Waals surface area contributed by atoms with Gasteiger partial charge in [-0.2, -0.15) is 0 Å². The Hall–Kier alpha value is -2.46. The molecule has 1 aromatic heterocycles. The smallest absolute Gasteiger partial charge is 0.303 e. The molecule has 194 valence electrons. The van der Waals surface area contributed by atoms with Crippen LogP contribution in [0.2, 0.25) is 10.0 Å². The summed E-state index contributed by atoms with van der Waals surface area (Å²) in [6.07, 6.45) is 4.63. The van der Waals surface area contributed by atoms with E-state index in [1.54, 1.807) is 24.7 Å². The van der Waals surface area contributed by atoms with Gasteiger partial charge in [-0.25, -0.2) is 13.4 Å². The second-order valence-corrected chi connectivity index (χ2v) is 11.1. The molecule has 0 saturated heterocycles. The molecule has 0 aliphatic carbocycles. The van der Waals surface area contributed by atoms with Crippen LogP contribution in [0.4, 0.5) is 0 Å². The number of hydrogen-bond donors (Lipinski definition) is 0. The average molecular weight is 576 g/mol. The number of sulfone groups is 1. The quantitative estimate of drug-likeness (QED) is 0.214. The molecule has 0 bridgehead atoms. The molecule has 0 N–H and O–H groups in total. The highest BCUT2D eigenvalue weighted by Gasteiger charge is 2.23. The van der Waals surface area contributed by atoms with Crippen LogP contribution in [0.1, 0.15) is 13.8 Å². The largest absolute Gasteiger partial charge is 0.493 e. The molecule has 1 heterocycles. The number of nitrogens with zero attached hydrogens (tertiary/aromatic N) is 2. The first kappa shape index (κ1) is 28.1. The van der Waals surface area contributed by atoms with E-state index in [-0.39, 0.29) is 44.0 Å². The molecule has 3 aromatic rings. The minimum atomic E-state index is -3.92. The van der Waals surface area contributed by atoms with E-state index in [1.165, 1.54) is 31.2 Å². The van der Waals surface area contributed by atoms with Gasteiger partial charge in [-0.05, 0) is 36.4 Å². The average Bonchev–Trinajstić information content (AvgIpc) is 3.34. The Morgan fingerprint density at radius 2 is 1.72 bits per heavy atom. The van der Waals surface area contributed by atoms with Crippen LogP contribution in [-0.2, 0) is 25.9 Å². The highest BCUT2D eigenvalue weighted by molar-refractivity contribution is 7.91. The van der Waals surface area contributed by atoms with Gasteiger partial charge in [0.2, 0.25) is 9.84 Å². The maximum absolute atomic E-state index is 13.2. The molecular formula is C24H25Cl3N2O6S. The van der Waals surface area contributed by atoms with E-state index in [1.807, 2.05) is 17.7 Å². The number of halogens is 3. The molecular weight excluding hydrogens is 551 g/mol. The minimum Gasteiger partial charge on any atom is -0.493 e. The van der Waals surface area contributed by atoms with Crippen LogP contribution in [-0.4, -0.2) is 49.1 Å². The lowest BCUT2D eigenvalue weighted by Gasteiger charge is -2.17. The summed E-state index contributed by atoms with van der Waals surface area (Å²) in [6, 6.07) is 8.62. The Morgan fingerprint density at radius 1 is 1.06 bits per heavy atom. The Labute approximate surface area is 225 Å². The third-order valence-corrected chi connectivity index (χ3v) is 7.61. The second kappa shape index (κ2) is 12.7. The number of aromatic nitrogens is 2. The zero-order chi connectivity index (χ0) is 26.3. The van der Waals surface area contributed by atoms with E-state index in [9.17, 15) is 13.2 Å². The van der Waals surface area contributed by atoms with Crippen molar-refractivity contribution in [2.75, 3.05) is 19.1 Å². The Balaban J connectivity index is 1.67. The molecule has 2 aromatic carbocycles. The number of carbonyl (C=O) groups is 1. The van der Waals surface area contributed by atoms with Gasteiger partial charge in [0.05, 0.1) is 38.7 Å². The summed E-state index contributed by atoms with van der Waals surface area (Å²) in [5.41, 5.74) is 0. The van der Waals surface area contributed by atoms with Crippen LogP contribution in [0.3, 0.4) is 0 Å². The lowest BCUT2D eigenvalue weighted by Crippen LogP contribution is -2.25. The molecule has 2 atom stereocenters. The number of esters is 1. The SMILES string of the molecule is CC(=O)O[C@@H](CCl)COc1c(Cl)cc(S(=O)(=O)c2ccc(OC[C@@H](C)Cn3ccnc3)cc2)cc1Cl. The zero-order valence-electron chi connectivity index (χ0n) is 19.6. The van der Waals surface area contributed by atoms with E-state index in [4.69, 9.17) is 49.0 Å². The van der Waals surface area contributed by atoms with Crippen LogP contribution in [0, 0.1) is 5.92 Å². The first-order valence-corrected chi connectivity index (χ1v) is 13.7. The second-order valence-electron chi connectivity index (χ2n) is 8.06. The van der Waals surface area contributed by atoms with E-state index in [0.717, 1.165) is 6.54 Å². The van der Waals surface area contributed by atoms with Gasteiger partial charge in [-0.15, -0.1) is 11.6 Å². The number of imidazole rings is 1. The van der Waals surface area contributed by atoms with Gasteiger partial charge in [-0.3, -0.25) is 4.79 Å². The first-order valence-electron chi connectivity index (χ1n) is 10.9. The van der Waals surface area contributed by atoms with Gasteiger partial charge in [0, 0.05) is 31.8 Å². The van der Waals surface area contributed by atoms with Gasteiger partial charge in [0.25, 0.3) is 0 Å². The van der Waals surface area contributed by atoms with E-state index in [0.29, 0.717) is 12.4 Å². The van der Waals surface area contributed by atoms with Crippen molar-refractivity contribution >= 4 is 50.6 Å². The molecule has 12 heteroatoms. The van der Waals surface area contributed by atoms with E-state index < -0.39 is 21.9 Å². The maximum Gasteiger partial charge on any atom is 0.303 e. The number of rotatable bonds is 12. The highest BCUT2D eigenvalue weighted by atomic mass is 35.5. The zero-order valence-corrected chi connectivity index (χ0v) is 22.6. The Morgan fingerprint density at radius 3 is 2.28 bits per heavy atom. The fourth-order valence-electron chi connectivity index (χ4n) is 3.25.